The van der Waals surface area contributed by atoms with Gasteiger partial charge in [-0.2, -0.15) is 0 Å². The molecule has 3 aromatic carbocycles. The van der Waals surface area contributed by atoms with Crippen LogP contribution in [-0.4, -0.2) is 48.7 Å². The predicted molar refractivity (Wildman–Crippen MR) is 191 cm³/mol. The van der Waals surface area contributed by atoms with Crippen LogP contribution in [0.1, 0.15) is 80.1 Å². The van der Waals surface area contributed by atoms with E-state index in [2.05, 4.69) is 69.5 Å². The molecule has 1 aromatic heterocycles. The Kier molecular flexibility index (Phi) is 9.41. The fourth-order valence-electron chi connectivity index (χ4n) is 9.31. The molecule has 4 aliphatic carbocycles. The molecular weight excluding hydrogens is 649 g/mol. The molecule has 10 nitrogen and oxygen atoms in total. The highest BCUT2D eigenvalue weighted by Gasteiger charge is 2.51. The Bertz CT molecular complexity index is 1760. The first-order valence-corrected chi connectivity index (χ1v) is 18.9. The van der Waals surface area contributed by atoms with E-state index in [1.807, 2.05) is 43.4 Å². The van der Waals surface area contributed by atoms with E-state index in [1.54, 1.807) is 16.4 Å². The fraction of sp³-hybridized carbons (Fsp3) is 0.487. The molecule has 4 bridgehead atoms. The first-order valence-electron chi connectivity index (χ1n) is 17.9. The van der Waals surface area contributed by atoms with Crippen molar-refractivity contribution in [1.29, 1.82) is 0 Å². The Morgan fingerprint density at radius 1 is 0.940 bits per heavy atom. The van der Waals surface area contributed by atoms with Crippen molar-refractivity contribution < 1.29 is 19.4 Å². The largest absolute Gasteiger partial charge is 0.392 e. The number of hydrogen-bond acceptors (Lipinski definition) is 8. The number of nitrogens with zero attached hydrogens (tertiary/aromatic N) is 4. The number of hydrogen-bond donors (Lipinski definition) is 3. The smallest absolute Gasteiger partial charge is 0.315 e. The number of nitrogens with one attached hydrogen (secondary N) is 2. The summed E-state index contributed by atoms with van der Waals surface area (Å²) in [6, 6.07) is 24.5. The number of benzene rings is 3. The Balaban J connectivity index is 0.964. The molecule has 1 saturated heterocycles. The highest BCUT2D eigenvalue weighted by atomic mass is 32.2. The van der Waals surface area contributed by atoms with Crippen molar-refractivity contribution in [3.05, 3.63) is 95.1 Å². The van der Waals surface area contributed by atoms with E-state index in [9.17, 15) is 9.90 Å². The summed E-state index contributed by atoms with van der Waals surface area (Å²) in [6.45, 7) is 2.61. The summed E-state index contributed by atoms with van der Waals surface area (Å²) in [5.41, 5.74) is 6.04. The second-order valence-corrected chi connectivity index (χ2v) is 16.0. The van der Waals surface area contributed by atoms with Crippen LogP contribution in [0.15, 0.2) is 78.0 Å². The summed E-state index contributed by atoms with van der Waals surface area (Å²) in [5.74, 6) is 3.07. The number of urea groups is 1. The molecule has 3 N–H and O–H groups in total. The number of tetrazole rings is 1. The number of carbonyl (C=O) groups excluding carboxylic acids is 1. The van der Waals surface area contributed by atoms with E-state index >= 15 is 0 Å². The van der Waals surface area contributed by atoms with Gasteiger partial charge < -0.3 is 25.2 Å². The Labute approximate surface area is 297 Å². The van der Waals surface area contributed by atoms with Crippen LogP contribution >= 0.6 is 11.8 Å². The lowest BCUT2D eigenvalue weighted by molar-refractivity contribution is -0.268. The van der Waals surface area contributed by atoms with Crippen molar-refractivity contribution in [3.8, 4) is 11.1 Å². The summed E-state index contributed by atoms with van der Waals surface area (Å²) in [7, 11) is 1.83. The number of aryl methyl sites for hydroxylation is 1. The standard InChI is InChI=1S/C39H46N6O4S/c1-24-34(23-50-38-42-43-44-45(38)2)48-36(49-35(24)30-9-7-25(22-46)8-10-30)31-13-11-29(12-14-31)33-6-4-3-5-32(33)21-40-37(47)41-39-18-26-15-27(19-39)17-28(16-26)20-39/h3-14,24,26-28,34-36,46H,15-23H2,1-2H3,(H2,40,41,47)/t24-,26?,27?,28?,34+,35+,36+,39?/m0/s1. The lowest BCUT2D eigenvalue weighted by Gasteiger charge is -2.56. The summed E-state index contributed by atoms with van der Waals surface area (Å²) >= 11 is 1.57. The molecule has 2 heterocycles. The van der Waals surface area contributed by atoms with Crippen LogP contribution in [0, 0.1) is 23.7 Å². The number of aliphatic hydroxyl groups is 1. The van der Waals surface area contributed by atoms with E-state index in [0.717, 1.165) is 75.6 Å². The third-order valence-corrected chi connectivity index (χ3v) is 12.5. The second kappa shape index (κ2) is 14.1. The maximum absolute atomic E-state index is 13.2. The molecular formula is C39H46N6O4S. The van der Waals surface area contributed by atoms with Crippen molar-refractivity contribution in [2.24, 2.45) is 30.7 Å². The molecule has 2 amide bonds. The lowest BCUT2D eigenvalue weighted by atomic mass is 9.53. The van der Waals surface area contributed by atoms with Gasteiger partial charge in [-0.25, -0.2) is 9.48 Å². The van der Waals surface area contributed by atoms with Gasteiger partial charge in [0.25, 0.3) is 0 Å². The van der Waals surface area contributed by atoms with Gasteiger partial charge in [-0.1, -0.05) is 91.5 Å². The van der Waals surface area contributed by atoms with Crippen molar-refractivity contribution >= 4 is 17.8 Å². The van der Waals surface area contributed by atoms with Crippen LogP contribution in [0.4, 0.5) is 4.79 Å². The predicted octanol–water partition coefficient (Wildman–Crippen LogP) is 6.72. The lowest BCUT2D eigenvalue weighted by Crippen LogP contribution is -2.61. The van der Waals surface area contributed by atoms with Crippen LogP contribution in [0.5, 0.6) is 0 Å². The number of aromatic nitrogens is 4. The normalized spacial score (nSPS) is 29.9. The molecule has 50 heavy (non-hydrogen) atoms. The molecule has 0 unspecified atom stereocenters. The molecule has 9 rings (SSSR count). The van der Waals surface area contributed by atoms with Crippen LogP contribution in [0.3, 0.4) is 0 Å². The number of amides is 2. The van der Waals surface area contributed by atoms with Crippen LogP contribution < -0.4 is 10.6 Å². The van der Waals surface area contributed by atoms with Gasteiger partial charge in [0, 0.05) is 36.4 Å². The number of rotatable bonds is 10. The van der Waals surface area contributed by atoms with Gasteiger partial charge >= 0.3 is 6.03 Å². The molecule has 5 aliphatic rings. The topological polar surface area (TPSA) is 123 Å². The molecule has 0 radical (unpaired) electrons. The average molecular weight is 695 g/mol. The van der Waals surface area contributed by atoms with Crippen molar-refractivity contribution in [2.75, 3.05) is 5.75 Å². The minimum atomic E-state index is -0.573. The van der Waals surface area contributed by atoms with Crippen molar-refractivity contribution in [3.63, 3.8) is 0 Å². The number of aliphatic hydroxyl groups excluding tert-OH is 1. The number of ether oxygens (including phenoxy) is 2. The van der Waals surface area contributed by atoms with Gasteiger partial charge in [0.15, 0.2) is 6.29 Å². The van der Waals surface area contributed by atoms with Gasteiger partial charge in [-0.3, -0.25) is 0 Å². The van der Waals surface area contributed by atoms with Gasteiger partial charge in [-0.05, 0) is 94.5 Å². The number of carbonyl (C=O) groups is 1. The van der Waals surface area contributed by atoms with Crippen LogP contribution in [0.2, 0.25) is 0 Å². The Morgan fingerprint density at radius 3 is 2.28 bits per heavy atom. The van der Waals surface area contributed by atoms with E-state index in [0.29, 0.717) is 12.3 Å². The summed E-state index contributed by atoms with van der Waals surface area (Å²) < 4.78 is 15.0. The minimum absolute atomic E-state index is 0.00132. The molecule has 4 atom stereocenters. The average Bonchev–Trinajstić information content (AvgIpc) is 3.54. The van der Waals surface area contributed by atoms with Crippen molar-refractivity contribution in [1.82, 2.24) is 30.8 Å². The van der Waals surface area contributed by atoms with E-state index in [-0.39, 0.29) is 36.3 Å². The Morgan fingerprint density at radius 2 is 1.62 bits per heavy atom. The maximum atomic E-state index is 13.2. The zero-order chi connectivity index (χ0) is 34.2. The molecule has 1 aliphatic heterocycles. The zero-order valence-electron chi connectivity index (χ0n) is 28.7. The van der Waals surface area contributed by atoms with Crippen LogP contribution in [-0.2, 0) is 29.7 Å². The van der Waals surface area contributed by atoms with Crippen LogP contribution in [0.25, 0.3) is 11.1 Å². The quantitative estimate of drug-likeness (QED) is 0.156. The zero-order valence-corrected chi connectivity index (χ0v) is 29.5. The molecule has 5 fully saturated rings. The minimum Gasteiger partial charge on any atom is -0.392 e. The van der Waals surface area contributed by atoms with Gasteiger partial charge in [0.05, 0.1) is 18.8 Å². The third-order valence-electron chi connectivity index (χ3n) is 11.4. The molecule has 4 saturated carbocycles. The molecule has 4 aromatic rings. The SMILES string of the molecule is C[C@H]1[C@@H](CSc2nnnn2C)O[C@@H](c2ccc(-c3ccccc3CNC(=O)NC34CC5CC(CC(C5)C3)C4)cc2)O[C@H]1c1ccc(CO)cc1. The second-order valence-electron chi connectivity index (χ2n) is 15.0. The molecule has 11 heteroatoms. The van der Waals surface area contributed by atoms with E-state index < -0.39 is 6.29 Å². The first kappa shape index (κ1) is 33.4. The fourth-order valence-corrected chi connectivity index (χ4v) is 10.3. The third kappa shape index (κ3) is 6.93. The highest BCUT2D eigenvalue weighted by Crippen LogP contribution is 2.55. The summed E-state index contributed by atoms with van der Waals surface area (Å²) in [6.07, 6.45) is 6.57. The van der Waals surface area contributed by atoms with Gasteiger partial charge in [0.1, 0.15) is 0 Å². The molecule has 0 spiro atoms. The summed E-state index contributed by atoms with van der Waals surface area (Å²) in [5, 5.41) is 28.8. The first-order chi connectivity index (χ1) is 24.3. The van der Waals surface area contributed by atoms with Crippen molar-refractivity contribution in [2.45, 2.75) is 87.8 Å². The Hall–Kier alpha value is -3.77. The number of thioether (sulfide) groups is 1. The van der Waals surface area contributed by atoms with Gasteiger partial charge in [0.2, 0.25) is 5.16 Å². The summed E-state index contributed by atoms with van der Waals surface area (Å²) in [4.78, 5) is 13.2. The molecule has 262 valence electrons. The monoisotopic (exact) mass is 694 g/mol. The van der Waals surface area contributed by atoms with E-state index in [4.69, 9.17) is 9.47 Å². The maximum Gasteiger partial charge on any atom is 0.315 e. The van der Waals surface area contributed by atoms with E-state index in [1.165, 1.54) is 19.3 Å². The highest BCUT2D eigenvalue weighted by molar-refractivity contribution is 7.99. The van der Waals surface area contributed by atoms with Gasteiger partial charge in [-0.15, -0.1) is 5.10 Å².